The van der Waals surface area contributed by atoms with E-state index in [1.54, 1.807) is 6.92 Å². The molecule has 0 saturated heterocycles. The molecule has 0 bridgehead atoms. The van der Waals surface area contributed by atoms with Gasteiger partial charge >= 0.3 is 0 Å². The summed E-state index contributed by atoms with van der Waals surface area (Å²) in [4.78, 5) is 13.5. The van der Waals surface area contributed by atoms with Crippen molar-refractivity contribution in [3.63, 3.8) is 0 Å². The maximum Gasteiger partial charge on any atom is 0.236 e. The van der Waals surface area contributed by atoms with E-state index in [1.807, 2.05) is 0 Å². The quantitative estimate of drug-likeness (QED) is 0.664. The molecule has 1 unspecified atom stereocenters. The van der Waals surface area contributed by atoms with Crippen molar-refractivity contribution in [3.05, 3.63) is 0 Å². The van der Waals surface area contributed by atoms with E-state index in [1.165, 1.54) is 0 Å². The molecule has 3 N–H and O–H groups in total. The van der Waals surface area contributed by atoms with Gasteiger partial charge in [0.25, 0.3) is 0 Å². The summed E-state index contributed by atoms with van der Waals surface area (Å²) in [5, 5.41) is 2.81. The Kier molecular flexibility index (Phi) is 18.3. The summed E-state index contributed by atoms with van der Waals surface area (Å²) in [6.45, 7) is 10.1. The molecule has 0 spiro atoms. The Morgan fingerprint density at radius 2 is 1.76 bits per heavy atom. The fourth-order valence-electron chi connectivity index (χ4n) is 1.37. The molecule has 6 heteroatoms. The van der Waals surface area contributed by atoms with E-state index >= 15 is 0 Å². The molecule has 0 aromatic rings. The lowest BCUT2D eigenvalue weighted by Crippen LogP contribution is -2.38. The Bertz CT molecular complexity index is 176. The zero-order valence-corrected chi connectivity index (χ0v) is 12.7. The van der Waals surface area contributed by atoms with Crippen LogP contribution in [0.15, 0.2) is 0 Å². The summed E-state index contributed by atoms with van der Waals surface area (Å²) in [5.74, 6) is -0.0576. The van der Waals surface area contributed by atoms with Crippen LogP contribution in [0.3, 0.4) is 0 Å². The Hall–Kier alpha value is -0.0300. The molecule has 1 atom stereocenters. The van der Waals surface area contributed by atoms with Crippen LogP contribution in [0.4, 0.5) is 0 Å². The first-order valence-corrected chi connectivity index (χ1v) is 5.87. The number of amides is 1. The minimum absolute atomic E-state index is 0. The minimum atomic E-state index is -0.396. The molecule has 0 saturated carbocycles. The van der Waals surface area contributed by atoms with Gasteiger partial charge in [0.05, 0.1) is 6.04 Å². The van der Waals surface area contributed by atoms with Crippen LogP contribution in [-0.2, 0) is 4.79 Å². The standard InChI is InChI=1S/C11H25N3O.2ClH/c1-4-14(5-2)9-7-6-8-13-11(15)10(3)12;;/h10H,4-9,12H2,1-3H3,(H,13,15);2*1H. The summed E-state index contributed by atoms with van der Waals surface area (Å²) < 4.78 is 0. The Balaban J connectivity index is -0.000000980. The average molecular weight is 288 g/mol. The summed E-state index contributed by atoms with van der Waals surface area (Å²) >= 11 is 0. The number of nitrogens with zero attached hydrogens (tertiary/aromatic N) is 1. The lowest BCUT2D eigenvalue weighted by atomic mass is 10.2. The third-order valence-corrected chi connectivity index (χ3v) is 2.51. The van der Waals surface area contributed by atoms with Gasteiger partial charge in [-0.1, -0.05) is 13.8 Å². The fourth-order valence-corrected chi connectivity index (χ4v) is 1.37. The van der Waals surface area contributed by atoms with E-state index in [4.69, 9.17) is 5.73 Å². The number of rotatable bonds is 8. The van der Waals surface area contributed by atoms with E-state index < -0.39 is 6.04 Å². The largest absolute Gasteiger partial charge is 0.355 e. The monoisotopic (exact) mass is 287 g/mol. The van der Waals surface area contributed by atoms with E-state index in [0.717, 1.165) is 39.0 Å². The molecule has 4 nitrogen and oxygen atoms in total. The van der Waals surface area contributed by atoms with Gasteiger partial charge in [-0.25, -0.2) is 0 Å². The topological polar surface area (TPSA) is 58.4 Å². The molecule has 0 aliphatic carbocycles. The van der Waals surface area contributed by atoms with Crippen molar-refractivity contribution in [1.29, 1.82) is 0 Å². The summed E-state index contributed by atoms with van der Waals surface area (Å²) in [6.07, 6.45) is 2.15. The Morgan fingerprint density at radius 3 is 2.18 bits per heavy atom. The van der Waals surface area contributed by atoms with Crippen molar-refractivity contribution in [2.45, 2.75) is 39.7 Å². The predicted molar refractivity (Wildman–Crippen MR) is 78.2 cm³/mol. The van der Waals surface area contributed by atoms with Crippen molar-refractivity contribution in [1.82, 2.24) is 10.2 Å². The van der Waals surface area contributed by atoms with E-state index in [9.17, 15) is 4.79 Å². The van der Waals surface area contributed by atoms with Gasteiger partial charge < -0.3 is 16.0 Å². The first-order chi connectivity index (χ1) is 7.11. The van der Waals surface area contributed by atoms with E-state index in [0.29, 0.717) is 0 Å². The second-order valence-electron chi connectivity index (χ2n) is 3.81. The maximum absolute atomic E-state index is 11.1. The third-order valence-electron chi connectivity index (χ3n) is 2.51. The second-order valence-corrected chi connectivity index (χ2v) is 3.81. The van der Waals surface area contributed by atoms with E-state index in [-0.39, 0.29) is 30.7 Å². The maximum atomic E-state index is 11.1. The molecule has 0 heterocycles. The van der Waals surface area contributed by atoms with Gasteiger partial charge in [-0.05, 0) is 39.4 Å². The summed E-state index contributed by atoms with van der Waals surface area (Å²) in [6, 6.07) is -0.396. The number of hydrogen-bond acceptors (Lipinski definition) is 3. The van der Waals surface area contributed by atoms with Gasteiger partial charge in [0.1, 0.15) is 0 Å². The van der Waals surface area contributed by atoms with Crippen molar-refractivity contribution < 1.29 is 4.79 Å². The van der Waals surface area contributed by atoms with Gasteiger partial charge in [0.15, 0.2) is 0 Å². The third kappa shape index (κ3) is 12.2. The van der Waals surface area contributed by atoms with Crippen LogP contribution in [0.25, 0.3) is 0 Å². The van der Waals surface area contributed by atoms with Gasteiger partial charge in [0.2, 0.25) is 5.91 Å². The molecule has 0 aliphatic rings. The van der Waals surface area contributed by atoms with Crippen LogP contribution in [0.5, 0.6) is 0 Å². The highest BCUT2D eigenvalue weighted by molar-refractivity contribution is 5.85. The van der Waals surface area contributed by atoms with Gasteiger partial charge in [-0.3, -0.25) is 4.79 Å². The molecular weight excluding hydrogens is 261 g/mol. The van der Waals surface area contributed by atoms with Gasteiger partial charge in [-0.15, -0.1) is 24.8 Å². The molecule has 0 aromatic carbocycles. The minimum Gasteiger partial charge on any atom is -0.355 e. The van der Waals surface area contributed by atoms with Crippen LogP contribution >= 0.6 is 24.8 Å². The molecule has 0 radical (unpaired) electrons. The Morgan fingerprint density at radius 1 is 1.24 bits per heavy atom. The van der Waals surface area contributed by atoms with Crippen LogP contribution in [0.1, 0.15) is 33.6 Å². The smallest absolute Gasteiger partial charge is 0.236 e. The number of carbonyl (C=O) groups is 1. The highest BCUT2D eigenvalue weighted by Crippen LogP contribution is 1.93. The molecular formula is C11H27Cl2N3O. The van der Waals surface area contributed by atoms with Crippen LogP contribution in [0.2, 0.25) is 0 Å². The van der Waals surface area contributed by atoms with Gasteiger partial charge in [0, 0.05) is 6.54 Å². The average Bonchev–Trinajstić information content (AvgIpc) is 2.23. The molecule has 1 amide bonds. The fraction of sp³-hybridized carbons (Fsp3) is 0.909. The van der Waals surface area contributed by atoms with Crippen LogP contribution < -0.4 is 11.1 Å². The molecule has 106 valence electrons. The first-order valence-electron chi connectivity index (χ1n) is 5.87. The number of carbonyl (C=O) groups excluding carboxylic acids is 1. The number of unbranched alkanes of at least 4 members (excludes halogenated alkanes) is 1. The zero-order chi connectivity index (χ0) is 11.7. The summed E-state index contributed by atoms with van der Waals surface area (Å²) in [5.41, 5.74) is 5.42. The normalized spacial score (nSPS) is 11.4. The molecule has 0 aromatic heterocycles. The highest BCUT2D eigenvalue weighted by atomic mass is 35.5. The summed E-state index contributed by atoms with van der Waals surface area (Å²) in [7, 11) is 0. The van der Waals surface area contributed by atoms with Crippen LogP contribution in [-0.4, -0.2) is 43.0 Å². The van der Waals surface area contributed by atoms with Crippen molar-refractivity contribution in [3.8, 4) is 0 Å². The highest BCUT2D eigenvalue weighted by Gasteiger charge is 2.05. The zero-order valence-electron chi connectivity index (χ0n) is 11.1. The Labute approximate surface area is 118 Å². The molecule has 0 aliphatic heterocycles. The number of nitrogens with one attached hydrogen (secondary N) is 1. The number of hydrogen-bond donors (Lipinski definition) is 2. The predicted octanol–water partition coefficient (Wildman–Crippen LogP) is 1.42. The lowest BCUT2D eigenvalue weighted by molar-refractivity contribution is -0.121. The number of nitrogens with two attached hydrogens (primary N) is 1. The molecule has 17 heavy (non-hydrogen) atoms. The van der Waals surface area contributed by atoms with Gasteiger partial charge in [-0.2, -0.15) is 0 Å². The molecule has 0 rings (SSSR count). The second kappa shape index (κ2) is 14.0. The van der Waals surface area contributed by atoms with Crippen molar-refractivity contribution >= 4 is 30.7 Å². The molecule has 0 fully saturated rings. The van der Waals surface area contributed by atoms with Crippen LogP contribution in [0, 0.1) is 0 Å². The SMILES string of the molecule is CCN(CC)CCCCNC(=O)C(C)N.Cl.Cl. The first kappa shape index (κ1) is 22.2. The number of halogens is 2. The lowest BCUT2D eigenvalue weighted by Gasteiger charge is -2.17. The van der Waals surface area contributed by atoms with E-state index in [2.05, 4.69) is 24.1 Å². The van der Waals surface area contributed by atoms with Crippen molar-refractivity contribution in [2.24, 2.45) is 5.73 Å². The van der Waals surface area contributed by atoms with Crippen molar-refractivity contribution in [2.75, 3.05) is 26.2 Å².